The Labute approximate surface area is 258 Å². The van der Waals surface area contributed by atoms with Crippen molar-refractivity contribution < 1.29 is 4.42 Å². The summed E-state index contributed by atoms with van der Waals surface area (Å²) in [6, 6.07) is 60.0. The smallest absolute Gasteiger partial charge is 0.162 e. The van der Waals surface area contributed by atoms with Gasteiger partial charge in [-0.1, -0.05) is 164 Å². The molecule has 208 valence electrons. The largest absolute Gasteiger partial charge is 0.453 e. The lowest BCUT2D eigenvalue weighted by Gasteiger charge is -2.19. The zero-order chi connectivity index (χ0) is 29.3. The quantitative estimate of drug-likeness (QED) is 0.183. The van der Waals surface area contributed by atoms with Crippen molar-refractivity contribution >= 4 is 45.7 Å². The van der Waals surface area contributed by atoms with E-state index in [0.717, 1.165) is 55.6 Å². The highest BCUT2D eigenvalue weighted by Gasteiger charge is 2.24. The van der Waals surface area contributed by atoms with Gasteiger partial charge in [0.15, 0.2) is 5.58 Å². The van der Waals surface area contributed by atoms with Gasteiger partial charge in [0.1, 0.15) is 11.5 Å². The minimum Gasteiger partial charge on any atom is -0.453 e. The highest BCUT2D eigenvalue weighted by Crippen LogP contribution is 2.46. The number of pyridine rings is 1. The van der Waals surface area contributed by atoms with Crippen LogP contribution in [0.15, 0.2) is 174 Å². The second kappa shape index (κ2) is 11.4. The molecule has 0 N–H and O–H groups in total. The van der Waals surface area contributed by atoms with Gasteiger partial charge in [-0.15, -0.1) is 0 Å². The van der Waals surface area contributed by atoms with Crippen LogP contribution in [0.4, 0.5) is 0 Å². The van der Waals surface area contributed by atoms with Crippen LogP contribution in [-0.4, -0.2) is 4.98 Å². The summed E-state index contributed by atoms with van der Waals surface area (Å²) < 4.78 is 6.89. The van der Waals surface area contributed by atoms with Gasteiger partial charge >= 0.3 is 0 Å². The van der Waals surface area contributed by atoms with Crippen LogP contribution in [0, 0.1) is 0 Å². The molecule has 0 aliphatic heterocycles. The molecule has 0 spiro atoms. The van der Waals surface area contributed by atoms with Crippen molar-refractivity contribution in [3.63, 3.8) is 0 Å². The van der Waals surface area contributed by atoms with Gasteiger partial charge in [0.05, 0.1) is 5.52 Å². The molecule has 0 fully saturated rings. The summed E-state index contributed by atoms with van der Waals surface area (Å²) in [7, 11) is -0.699. The van der Waals surface area contributed by atoms with E-state index in [9.17, 15) is 0 Å². The van der Waals surface area contributed by atoms with Crippen LogP contribution in [0.1, 0.15) is 0 Å². The summed E-state index contributed by atoms with van der Waals surface area (Å²) in [5.41, 5.74) is 6.92. The Bertz CT molecular complexity index is 2150. The molecule has 2 heterocycles. The van der Waals surface area contributed by atoms with E-state index in [-0.39, 0.29) is 0 Å². The molecule has 2 aromatic heterocycles. The Hall–Kier alpha value is -5.30. The highest BCUT2D eigenvalue weighted by atomic mass is 31.1. The van der Waals surface area contributed by atoms with E-state index in [1.54, 1.807) is 0 Å². The van der Waals surface area contributed by atoms with Crippen LogP contribution in [0.5, 0.6) is 0 Å². The van der Waals surface area contributed by atoms with Gasteiger partial charge < -0.3 is 4.42 Å². The van der Waals surface area contributed by atoms with E-state index in [4.69, 9.17) is 9.40 Å². The Morgan fingerprint density at radius 3 is 1.55 bits per heavy atom. The van der Waals surface area contributed by atoms with Crippen LogP contribution in [-0.2, 0) is 0 Å². The molecule has 8 rings (SSSR count). The number of hydrogen-bond donors (Lipinski definition) is 0. The number of hydrogen-bond acceptors (Lipinski definition) is 2. The molecule has 0 unspecified atom stereocenters. The molecule has 0 saturated heterocycles. The Morgan fingerprint density at radius 2 is 0.932 bits per heavy atom. The summed E-state index contributed by atoms with van der Waals surface area (Å²) >= 11 is 0. The van der Waals surface area contributed by atoms with Gasteiger partial charge in [-0.2, -0.15) is 0 Å². The summed E-state index contributed by atoms with van der Waals surface area (Å²) in [5.74, 6) is 0.858. The molecule has 0 aliphatic carbocycles. The van der Waals surface area contributed by atoms with Crippen LogP contribution in [0.2, 0.25) is 0 Å². The predicted molar refractivity (Wildman–Crippen MR) is 187 cm³/mol. The molecular weight excluding hydrogens is 553 g/mol. The normalized spacial score (nSPS) is 11.4. The first kappa shape index (κ1) is 26.3. The summed E-state index contributed by atoms with van der Waals surface area (Å²) in [5, 5.41) is 6.17. The summed E-state index contributed by atoms with van der Waals surface area (Å²) in [4.78, 5) is 5.13. The third-order valence-corrected chi connectivity index (χ3v) is 10.5. The molecule has 0 amide bonds. The zero-order valence-electron chi connectivity index (χ0n) is 24.0. The molecule has 0 bridgehead atoms. The average Bonchev–Trinajstić information content (AvgIpc) is 3.51. The third kappa shape index (κ3) is 4.71. The van der Waals surface area contributed by atoms with E-state index >= 15 is 0 Å². The van der Waals surface area contributed by atoms with E-state index in [0.29, 0.717) is 0 Å². The van der Waals surface area contributed by atoms with Gasteiger partial charge in [0, 0.05) is 27.5 Å². The highest BCUT2D eigenvalue weighted by molar-refractivity contribution is 7.79. The number of furan rings is 1. The minimum absolute atomic E-state index is 0.699. The van der Waals surface area contributed by atoms with Gasteiger partial charge in [-0.3, -0.25) is 0 Å². The van der Waals surface area contributed by atoms with Gasteiger partial charge in [-0.25, -0.2) is 4.98 Å². The van der Waals surface area contributed by atoms with Crippen LogP contribution in [0.25, 0.3) is 55.6 Å². The topological polar surface area (TPSA) is 26.0 Å². The molecule has 0 radical (unpaired) electrons. The van der Waals surface area contributed by atoms with Gasteiger partial charge in [-0.05, 0) is 35.5 Å². The SMILES string of the molecule is c1ccc(-c2oc3c(-c4ccccc4)nc4ccccc4c3c2-c2ccc(P(c3ccccc3)c3ccccc3)cc2)cc1. The number of rotatable bonds is 6. The van der Waals surface area contributed by atoms with Crippen LogP contribution < -0.4 is 15.9 Å². The average molecular weight is 582 g/mol. The Kier molecular flexibility index (Phi) is 6.83. The predicted octanol–water partition coefficient (Wildman–Crippen LogP) is 9.74. The number of para-hydroxylation sites is 1. The fourth-order valence-corrected chi connectivity index (χ4v) is 8.33. The zero-order valence-corrected chi connectivity index (χ0v) is 24.9. The second-order valence-corrected chi connectivity index (χ2v) is 13.0. The Balaban J connectivity index is 1.38. The molecule has 0 aliphatic rings. The molecule has 8 aromatic rings. The number of benzene rings is 6. The van der Waals surface area contributed by atoms with Crippen molar-refractivity contribution in [2.45, 2.75) is 0 Å². The van der Waals surface area contributed by atoms with Gasteiger partial charge in [0.2, 0.25) is 0 Å². The lowest BCUT2D eigenvalue weighted by molar-refractivity contribution is 0.632. The summed E-state index contributed by atoms with van der Waals surface area (Å²) in [6.45, 7) is 0. The fraction of sp³-hybridized carbons (Fsp3) is 0. The third-order valence-electron chi connectivity index (χ3n) is 8.06. The maximum Gasteiger partial charge on any atom is 0.162 e. The maximum absolute atomic E-state index is 6.89. The van der Waals surface area contributed by atoms with Crippen molar-refractivity contribution in [3.05, 3.63) is 170 Å². The van der Waals surface area contributed by atoms with E-state index in [1.165, 1.54) is 15.9 Å². The van der Waals surface area contributed by atoms with Crippen molar-refractivity contribution in [2.75, 3.05) is 0 Å². The Morgan fingerprint density at radius 1 is 0.432 bits per heavy atom. The first-order valence-corrected chi connectivity index (χ1v) is 16.2. The molecule has 3 heteroatoms. The molecule has 44 heavy (non-hydrogen) atoms. The minimum atomic E-state index is -0.699. The van der Waals surface area contributed by atoms with Crippen LogP contribution in [0.3, 0.4) is 0 Å². The van der Waals surface area contributed by atoms with Crippen molar-refractivity contribution in [1.29, 1.82) is 0 Å². The number of nitrogens with zero attached hydrogens (tertiary/aromatic N) is 1. The molecular formula is C41H28NOP. The molecule has 0 atom stereocenters. The number of fused-ring (bicyclic) bond motifs is 3. The van der Waals surface area contributed by atoms with Gasteiger partial charge in [0.25, 0.3) is 0 Å². The second-order valence-electron chi connectivity index (χ2n) is 10.8. The van der Waals surface area contributed by atoms with Crippen LogP contribution >= 0.6 is 7.92 Å². The number of aromatic nitrogens is 1. The first-order valence-electron chi connectivity index (χ1n) is 14.8. The monoisotopic (exact) mass is 581 g/mol. The van der Waals surface area contributed by atoms with Crippen molar-refractivity contribution in [1.82, 2.24) is 4.98 Å². The summed E-state index contributed by atoms with van der Waals surface area (Å²) in [6.07, 6.45) is 0. The molecule has 6 aromatic carbocycles. The lowest BCUT2D eigenvalue weighted by atomic mass is 9.95. The molecule has 0 saturated carbocycles. The van der Waals surface area contributed by atoms with E-state index < -0.39 is 7.92 Å². The van der Waals surface area contributed by atoms with Crippen molar-refractivity contribution in [3.8, 4) is 33.7 Å². The lowest BCUT2D eigenvalue weighted by Crippen LogP contribution is -2.20. The molecule has 2 nitrogen and oxygen atoms in total. The van der Waals surface area contributed by atoms with Crippen molar-refractivity contribution in [2.24, 2.45) is 0 Å². The maximum atomic E-state index is 6.89. The van der Waals surface area contributed by atoms with E-state index in [2.05, 4.69) is 158 Å². The standard InChI is InChI=1S/C41H28NOP/c1-5-15-30(16-6-1)39-41-38(35-23-13-14-24-36(35)42-39)37(40(43-41)31-17-7-2-8-18-31)29-25-27-34(28-26-29)44(32-19-9-3-10-20-32)33-21-11-4-12-22-33/h1-28H. The van der Waals surface area contributed by atoms with E-state index in [1.807, 2.05) is 12.1 Å². The fourth-order valence-electron chi connectivity index (χ4n) is 6.05. The first-order chi connectivity index (χ1) is 21.8.